The molecule has 0 rings (SSSR count). The van der Waals surface area contributed by atoms with Gasteiger partial charge in [0.05, 0.1) is 12.0 Å². The lowest BCUT2D eigenvalue weighted by Crippen LogP contribution is -2.35. The van der Waals surface area contributed by atoms with Gasteiger partial charge in [0, 0.05) is 26.1 Å². The minimum atomic E-state index is -0.771. The van der Waals surface area contributed by atoms with E-state index in [0.29, 0.717) is 26.1 Å². The molecule has 0 fully saturated rings. The summed E-state index contributed by atoms with van der Waals surface area (Å²) in [4.78, 5) is 24.5. The van der Waals surface area contributed by atoms with E-state index in [1.807, 2.05) is 0 Å². The van der Waals surface area contributed by atoms with Gasteiger partial charge in [-0.25, -0.2) is 0 Å². The maximum absolute atomic E-state index is 12.3. The number of aliphatic hydroxyl groups is 3. The molecule has 0 heterocycles. The van der Waals surface area contributed by atoms with E-state index in [0.717, 1.165) is 51.4 Å². The summed E-state index contributed by atoms with van der Waals surface area (Å²) < 4.78 is 10.9. The van der Waals surface area contributed by atoms with E-state index in [2.05, 4.69) is 0 Å². The van der Waals surface area contributed by atoms with Crippen molar-refractivity contribution in [2.45, 2.75) is 225 Å². The Labute approximate surface area is 309 Å². The van der Waals surface area contributed by atoms with Gasteiger partial charge in [-0.15, -0.1) is 0 Å². The first-order valence-electron chi connectivity index (χ1n) is 21.6. The number of esters is 2. The van der Waals surface area contributed by atoms with Crippen molar-refractivity contribution in [3.8, 4) is 0 Å². The third-order valence-electron chi connectivity index (χ3n) is 10.1. The molecule has 0 radical (unpaired) electrons. The van der Waals surface area contributed by atoms with Gasteiger partial charge in [-0.05, 0) is 25.7 Å². The van der Waals surface area contributed by atoms with E-state index >= 15 is 0 Å². The largest absolute Gasteiger partial charge is 0.465 e. The summed E-state index contributed by atoms with van der Waals surface area (Å²) in [5.74, 6) is -0.475. The highest BCUT2D eigenvalue weighted by Gasteiger charge is 2.27. The Morgan fingerprint density at radius 1 is 0.360 bits per heavy atom. The van der Waals surface area contributed by atoms with Gasteiger partial charge in [0.2, 0.25) is 0 Å². The molecular formula is C43H84O7. The van der Waals surface area contributed by atoms with Crippen molar-refractivity contribution in [2.24, 2.45) is 5.41 Å². The van der Waals surface area contributed by atoms with E-state index in [1.54, 1.807) is 6.92 Å². The van der Waals surface area contributed by atoms with Crippen LogP contribution in [0.3, 0.4) is 0 Å². The number of carbonyl (C=O) groups excluding carboxylic acids is 2. The first-order valence-corrected chi connectivity index (χ1v) is 21.6. The lowest BCUT2D eigenvalue weighted by Gasteiger charge is -2.26. The molecule has 0 aromatic carbocycles. The molecule has 0 spiro atoms. The third kappa shape index (κ3) is 36.6. The molecule has 0 aromatic heterocycles. The number of ether oxygens (including phenoxy) is 2. The van der Waals surface area contributed by atoms with Crippen LogP contribution in [0, 0.1) is 5.41 Å². The normalized spacial score (nSPS) is 11.7. The van der Waals surface area contributed by atoms with Crippen molar-refractivity contribution in [3.63, 3.8) is 0 Å². The van der Waals surface area contributed by atoms with Gasteiger partial charge < -0.3 is 24.8 Å². The minimum absolute atomic E-state index is 0.0619. The summed E-state index contributed by atoms with van der Waals surface area (Å²) in [7, 11) is 0. The Morgan fingerprint density at radius 2 is 0.560 bits per heavy atom. The molecule has 7 heteroatoms. The number of carbonyl (C=O) groups is 2. The molecule has 0 saturated carbocycles. The summed E-state index contributed by atoms with van der Waals surface area (Å²) >= 11 is 0. The lowest BCUT2D eigenvalue weighted by molar-refractivity contribution is -0.155. The predicted octanol–water partition coefficient (Wildman–Crippen LogP) is 11.3. The van der Waals surface area contributed by atoms with E-state index in [1.165, 1.54) is 154 Å². The summed E-state index contributed by atoms with van der Waals surface area (Å²) in [5.41, 5.74) is -0.771. The highest BCUT2D eigenvalue weighted by molar-refractivity contribution is 5.69. The number of rotatable bonds is 41. The quantitative estimate of drug-likeness (QED) is 0.0427. The van der Waals surface area contributed by atoms with Crippen LogP contribution in [0.4, 0.5) is 0 Å². The van der Waals surface area contributed by atoms with Crippen molar-refractivity contribution in [1.29, 1.82) is 0 Å². The lowest BCUT2D eigenvalue weighted by atomic mass is 9.94. The van der Waals surface area contributed by atoms with Gasteiger partial charge in [-0.2, -0.15) is 0 Å². The molecule has 0 atom stereocenters. The van der Waals surface area contributed by atoms with E-state index < -0.39 is 5.41 Å². The fourth-order valence-corrected chi connectivity index (χ4v) is 6.50. The van der Waals surface area contributed by atoms with Crippen LogP contribution in [0.2, 0.25) is 0 Å². The molecule has 3 N–H and O–H groups in total. The minimum Gasteiger partial charge on any atom is -0.465 e. The van der Waals surface area contributed by atoms with Gasteiger partial charge in [-0.3, -0.25) is 9.59 Å². The molecule has 0 aliphatic carbocycles. The maximum Gasteiger partial charge on any atom is 0.305 e. The first-order chi connectivity index (χ1) is 24.5. The zero-order valence-corrected chi connectivity index (χ0v) is 33.1. The standard InChI is InChI=1S/C43H84O7/c1-43(38-46,39-49-41(47)34-30-26-22-18-14-10-6-2-4-8-12-16-20-24-28-32-36-44)40-50-42(48)35-31-27-23-19-15-11-7-3-5-9-13-17-21-25-29-33-37-45/h44-46H,2-40H2,1H3. The number of aliphatic hydroxyl groups excluding tert-OH is 3. The van der Waals surface area contributed by atoms with Crippen molar-refractivity contribution in [3.05, 3.63) is 0 Å². The molecule has 0 aliphatic rings. The van der Waals surface area contributed by atoms with E-state index in [-0.39, 0.29) is 31.8 Å². The molecule has 0 aliphatic heterocycles. The van der Waals surface area contributed by atoms with Crippen LogP contribution < -0.4 is 0 Å². The maximum atomic E-state index is 12.3. The molecule has 50 heavy (non-hydrogen) atoms. The van der Waals surface area contributed by atoms with Gasteiger partial charge >= 0.3 is 11.9 Å². The van der Waals surface area contributed by atoms with Crippen molar-refractivity contribution < 1.29 is 34.4 Å². The average Bonchev–Trinajstić information content (AvgIpc) is 3.12. The van der Waals surface area contributed by atoms with Crippen LogP contribution in [0.5, 0.6) is 0 Å². The summed E-state index contributed by atoms with van der Waals surface area (Å²) in [6, 6.07) is 0. The fourth-order valence-electron chi connectivity index (χ4n) is 6.50. The van der Waals surface area contributed by atoms with Crippen LogP contribution in [0.25, 0.3) is 0 Å². The van der Waals surface area contributed by atoms with Crippen LogP contribution in [0.15, 0.2) is 0 Å². The highest BCUT2D eigenvalue weighted by Crippen LogP contribution is 2.19. The molecular weight excluding hydrogens is 628 g/mol. The SMILES string of the molecule is CC(CO)(COC(=O)CCCCCCCCCCCCCCCCCCO)COC(=O)CCCCCCCCCCCCCCCCCCO. The van der Waals surface area contributed by atoms with Gasteiger partial charge in [0.25, 0.3) is 0 Å². The fraction of sp³-hybridized carbons (Fsp3) is 0.953. The van der Waals surface area contributed by atoms with E-state index in [9.17, 15) is 14.7 Å². The average molecular weight is 713 g/mol. The van der Waals surface area contributed by atoms with Crippen molar-refractivity contribution >= 4 is 11.9 Å². The second-order valence-corrected chi connectivity index (χ2v) is 15.6. The highest BCUT2D eigenvalue weighted by atomic mass is 16.5. The predicted molar refractivity (Wildman–Crippen MR) is 208 cm³/mol. The zero-order valence-electron chi connectivity index (χ0n) is 33.1. The monoisotopic (exact) mass is 713 g/mol. The Morgan fingerprint density at radius 3 is 0.760 bits per heavy atom. The molecule has 298 valence electrons. The Kier molecular flexibility index (Phi) is 38.1. The Balaban J connectivity index is 3.57. The Bertz CT molecular complexity index is 659. The van der Waals surface area contributed by atoms with E-state index in [4.69, 9.17) is 19.7 Å². The van der Waals surface area contributed by atoms with Crippen LogP contribution in [-0.2, 0) is 19.1 Å². The summed E-state index contributed by atoms with van der Waals surface area (Å²) in [5, 5.41) is 27.5. The van der Waals surface area contributed by atoms with Crippen LogP contribution in [-0.4, -0.2) is 60.3 Å². The Hall–Kier alpha value is -1.18. The van der Waals surface area contributed by atoms with Gasteiger partial charge in [0.15, 0.2) is 0 Å². The molecule has 0 unspecified atom stereocenters. The number of unbranched alkanes of at least 4 members (excludes halogenated alkanes) is 30. The first kappa shape index (κ1) is 48.8. The van der Waals surface area contributed by atoms with Gasteiger partial charge in [0.1, 0.15) is 13.2 Å². The zero-order chi connectivity index (χ0) is 36.6. The number of hydrogen-bond donors (Lipinski definition) is 3. The summed E-state index contributed by atoms with van der Waals surface area (Å²) in [6.45, 7) is 2.38. The second-order valence-electron chi connectivity index (χ2n) is 15.6. The number of hydrogen-bond acceptors (Lipinski definition) is 7. The van der Waals surface area contributed by atoms with Gasteiger partial charge in [-0.1, -0.05) is 187 Å². The molecule has 7 nitrogen and oxygen atoms in total. The molecule has 0 bridgehead atoms. The summed E-state index contributed by atoms with van der Waals surface area (Å²) in [6.07, 6.45) is 40.0. The smallest absolute Gasteiger partial charge is 0.305 e. The molecule has 0 aromatic rings. The van der Waals surface area contributed by atoms with Crippen LogP contribution >= 0.6 is 0 Å². The molecule has 0 saturated heterocycles. The topological polar surface area (TPSA) is 113 Å². The third-order valence-corrected chi connectivity index (χ3v) is 10.1. The van der Waals surface area contributed by atoms with Crippen molar-refractivity contribution in [2.75, 3.05) is 33.0 Å². The van der Waals surface area contributed by atoms with Crippen molar-refractivity contribution in [1.82, 2.24) is 0 Å². The molecule has 0 amide bonds. The second kappa shape index (κ2) is 39.0. The van der Waals surface area contributed by atoms with Crippen LogP contribution in [0.1, 0.15) is 225 Å².